The maximum Gasteiger partial charge on any atom is 0.341 e. The number of unbranched alkanes of at least 4 members (excludes halogenated alkanes) is 1. The first-order valence-corrected chi connectivity index (χ1v) is 5.08. The first-order valence-electron chi connectivity index (χ1n) is 5.08. The van der Waals surface area contributed by atoms with Crippen molar-refractivity contribution < 1.29 is 14.6 Å². The predicted molar refractivity (Wildman–Crippen MR) is 60.9 cm³/mol. The second-order valence-electron chi connectivity index (χ2n) is 3.41. The molecule has 0 radical (unpaired) electrons. The topological polar surface area (TPSA) is 59.4 Å². The molecule has 0 saturated heterocycles. The second-order valence-corrected chi connectivity index (χ2v) is 3.41. The van der Waals surface area contributed by atoms with Gasteiger partial charge in [0, 0.05) is 18.0 Å². The zero-order valence-corrected chi connectivity index (χ0v) is 9.27. The van der Waals surface area contributed by atoms with E-state index in [9.17, 15) is 4.79 Å². The predicted octanol–water partition coefficient (Wildman–Crippen LogP) is 2.43. The van der Waals surface area contributed by atoms with Crippen LogP contribution < -0.4 is 4.74 Å². The summed E-state index contributed by atoms with van der Waals surface area (Å²) in [6, 6.07) is 1.64. The number of aromatic carboxylic acids is 1. The van der Waals surface area contributed by atoms with Crippen LogP contribution in [0.4, 0.5) is 0 Å². The van der Waals surface area contributed by atoms with Crippen LogP contribution in [0.25, 0.3) is 0 Å². The van der Waals surface area contributed by atoms with Crippen LogP contribution in [0.2, 0.25) is 0 Å². The van der Waals surface area contributed by atoms with Gasteiger partial charge in [-0.05, 0) is 19.8 Å². The van der Waals surface area contributed by atoms with Crippen molar-refractivity contribution in [3.05, 3.63) is 36.2 Å². The molecule has 0 aliphatic rings. The standard InChI is InChI=1S/C12H15NO3/c1-3-4-5-6-16-11-7-9(2)13-8-10(11)12(14)15/h3,7-8H,1,4-6H2,2H3,(H,14,15). The summed E-state index contributed by atoms with van der Waals surface area (Å²) in [5.74, 6) is -0.643. The van der Waals surface area contributed by atoms with Gasteiger partial charge in [0.15, 0.2) is 0 Å². The number of rotatable bonds is 6. The van der Waals surface area contributed by atoms with Gasteiger partial charge in [-0.1, -0.05) is 6.08 Å². The van der Waals surface area contributed by atoms with Crippen LogP contribution in [0.15, 0.2) is 24.9 Å². The summed E-state index contributed by atoms with van der Waals surface area (Å²) in [5, 5.41) is 8.92. The normalized spacial score (nSPS) is 9.81. The van der Waals surface area contributed by atoms with E-state index >= 15 is 0 Å². The third-order valence-corrected chi connectivity index (χ3v) is 2.04. The number of hydrogen-bond donors (Lipinski definition) is 1. The highest BCUT2D eigenvalue weighted by molar-refractivity contribution is 5.90. The fourth-order valence-corrected chi connectivity index (χ4v) is 1.22. The van der Waals surface area contributed by atoms with E-state index in [1.807, 2.05) is 0 Å². The zero-order valence-electron chi connectivity index (χ0n) is 9.27. The van der Waals surface area contributed by atoms with Gasteiger partial charge in [0.05, 0.1) is 6.61 Å². The first-order chi connectivity index (χ1) is 7.65. The van der Waals surface area contributed by atoms with Crippen LogP contribution in [-0.2, 0) is 0 Å². The van der Waals surface area contributed by atoms with E-state index in [-0.39, 0.29) is 5.56 Å². The molecule has 4 heteroatoms. The maximum absolute atomic E-state index is 10.9. The average molecular weight is 221 g/mol. The zero-order chi connectivity index (χ0) is 12.0. The van der Waals surface area contributed by atoms with E-state index in [0.29, 0.717) is 12.4 Å². The van der Waals surface area contributed by atoms with Crippen LogP contribution in [0.5, 0.6) is 5.75 Å². The van der Waals surface area contributed by atoms with Gasteiger partial charge in [-0.3, -0.25) is 4.98 Å². The Morgan fingerprint density at radius 1 is 1.69 bits per heavy atom. The molecule has 0 unspecified atom stereocenters. The molecule has 0 atom stereocenters. The molecule has 0 aliphatic carbocycles. The monoisotopic (exact) mass is 221 g/mol. The van der Waals surface area contributed by atoms with E-state index in [4.69, 9.17) is 9.84 Å². The van der Waals surface area contributed by atoms with Gasteiger partial charge < -0.3 is 9.84 Å². The molecule has 86 valence electrons. The summed E-state index contributed by atoms with van der Waals surface area (Å²) in [6.45, 7) is 5.88. The quantitative estimate of drug-likeness (QED) is 0.592. The molecular weight excluding hydrogens is 206 g/mol. The van der Waals surface area contributed by atoms with E-state index in [1.54, 1.807) is 19.1 Å². The minimum absolute atomic E-state index is 0.101. The molecule has 1 N–H and O–H groups in total. The molecule has 0 amide bonds. The van der Waals surface area contributed by atoms with Crippen LogP contribution in [-0.4, -0.2) is 22.7 Å². The number of pyridine rings is 1. The molecule has 0 fully saturated rings. The Labute approximate surface area is 94.6 Å². The number of aryl methyl sites for hydroxylation is 1. The number of hydrogen-bond acceptors (Lipinski definition) is 3. The highest BCUT2D eigenvalue weighted by atomic mass is 16.5. The lowest BCUT2D eigenvalue weighted by Gasteiger charge is -2.08. The van der Waals surface area contributed by atoms with E-state index in [1.165, 1.54) is 6.20 Å². The van der Waals surface area contributed by atoms with Gasteiger partial charge in [0.25, 0.3) is 0 Å². The number of carboxylic acids is 1. The third-order valence-electron chi connectivity index (χ3n) is 2.04. The lowest BCUT2D eigenvalue weighted by Crippen LogP contribution is -2.05. The number of aromatic nitrogens is 1. The molecule has 1 aromatic rings. The molecule has 1 aromatic heterocycles. The van der Waals surface area contributed by atoms with Crippen LogP contribution in [0.3, 0.4) is 0 Å². The van der Waals surface area contributed by atoms with E-state index in [2.05, 4.69) is 11.6 Å². The smallest absolute Gasteiger partial charge is 0.341 e. The molecule has 4 nitrogen and oxygen atoms in total. The summed E-state index contributed by atoms with van der Waals surface area (Å²) in [7, 11) is 0. The average Bonchev–Trinajstić information content (AvgIpc) is 2.24. The van der Waals surface area contributed by atoms with Crippen molar-refractivity contribution in [1.29, 1.82) is 0 Å². The number of carboxylic acid groups (broad SMARTS) is 1. The number of nitrogens with zero attached hydrogens (tertiary/aromatic N) is 1. The molecule has 0 bridgehead atoms. The van der Waals surface area contributed by atoms with Crippen molar-refractivity contribution in [2.24, 2.45) is 0 Å². The minimum Gasteiger partial charge on any atom is -0.493 e. The number of ether oxygens (including phenoxy) is 1. The Kier molecular flexibility index (Phi) is 4.51. The highest BCUT2D eigenvalue weighted by Crippen LogP contribution is 2.18. The Morgan fingerprint density at radius 3 is 3.06 bits per heavy atom. The summed E-state index contributed by atoms with van der Waals surface area (Å²) >= 11 is 0. The molecular formula is C12H15NO3. The van der Waals surface area contributed by atoms with Gasteiger partial charge in [-0.15, -0.1) is 6.58 Å². The fraction of sp³-hybridized carbons (Fsp3) is 0.333. The SMILES string of the molecule is C=CCCCOc1cc(C)ncc1C(=O)O. The Morgan fingerprint density at radius 2 is 2.44 bits per heavy atom. The van der Waals surface area contributed by atoms with Crippen molar-refractivity contribution >= 4 is 5.97 Å². The largest absolute Gasteiger partial charge is 0.493 e. The Hall–Kier alpha value is -1.84. The van der Waals surface area contributed by atoms with Crippen molar-refractivity contribution in [3.8, 4) is 5.75 Å². The fourth-order valence-electron chi connectivity index (χ4n) is 1.22. The molecule has 0 aliphatic heterocycles. The molecule has 0 aromatic carbocycles. The molecule has 1 heterocycles. The number of allylic oxidation sites excluding steroid dienone is 1. The van der Waals surface area contributed by atoms with E-state index < -0.39 is 5.97 Å². The van der Waals surface area contributed by atoms with E-state index in [0.717, 1.165) is 18.5 Å². The summed E-state index contributed by atoms with van der Waals surface area (Å²) in [4.78, 5) is 14.8. The van der Waals surface area contributed by atoms with Crippen LogP contribution in [0.1, 0.15) is 28.9 Å². The summed E-state index contributed by atoms with van der Waals surface area (Å²) in [5.41, 5.74) is 0.841. The lowest BCUT2D eigenvalue weighted by atomic mass is 10.2. The summed E-state index contributed by atoms with van der Waals surface area (Å²) < 4.78 is 5.41. The molecule has 0 saturated carbocycles. The lowest BCUT2D eigenvalue weighted by molar-refractivity contribution is 0.0691. The van der Waals surface area contributed by atoms with Gasteiger partial charge in [-0.2, -0.15) is 0 Å². The third kappa shape index (κ3) is 3.38. The minimum atomic E-state index is -1.02. The Balaban J connectivity index is 2.72. The van der Waals surface area contributed by atoms with Crippen molar-refractivity contribution in [2.45, 2.75) is 19.8 Å². The molecule has 16 heavy (non-hydrogen) atoms. The second kappa shape index (κ2) is 5.90. The summed E-state index contributed by atoms with van der Waals surface area (Å²) in [6.07, 6.45) is 4.80. The molecule has 1 rings (SSSR count). The van der Waals surface area contributed by atoms with Gasteiger partial charge in [-0.25, -0.2) is 4.79 Å². The Bertz CT molecular complexity index is 388. The van der Waals surface area contributed by atoms with Gasteiger partial charge in [0.1, 0.15) is 11.3 Å². The van der Waals surface area contributed by atoms with Crippen molar-refractivity contribution in [2.75, 3.05) is 6.61 Å². The first kappa shape index (κ1) is 12.2. The van der Waals surface area contributed by atoms with Crippen LogP contribution in [0, 0.1) is 6.92 Å². The van der Waals surface area contributed by atoms with Gasteiger partial charge >= 0.3 is 5.97 Å². The molecule has 0 spiro atoms. The van der Waals surface area contributed by atoms with Crippen molar-refractivity contribution in [1.82, 2.24) is 4.98 Å². The highest BCUT2D eigenvalue weighted by Gasteiger charge is 2.11. The van der Waals surface area contributed by atoms with Crippen molar-refractivity contribution in [3.63, 3.8) is 0 Å². The number of carbonyl (C=O) groups is 1. The maximum atomic E-state index is 10.9. The van der Waals surface area contributed by atoms with Crippen LogP contribution >= 0.6 is 0 Å². The van der Waals surface area contributed by atoms with Gasteiger partial charge in [0.2, 0.25) is 0 Å².